The minimum atomic E-state index is 0.120. The normalized spacial score (nSPS) is 36.5. The number of piperidine rings is 2. The van der Waals surface area contributed by atoms with E-state index < -0.39 is 0 Å². The fraction of sp³-hybridized carbons (Fsp3) is 0.632. The monoisotopic (exact) mass is 332 g/mol. The number of amides is 1. The number of hydrogen-bond acceptors (Lipinski definition) is 2. The molecule has 3 nitrogen and oxygen atoms in total. The standard InChI is InChI=1S/C19H25ClN2O/c1-22-13-5-4-6-14(22)10-12(9-13)21-19(23)17-11-16(17)15-7-2-3-8-18(15)20/h2-3,7-8,12-14,16-17H,4-6,9-11H2,1H3,(H,21,23)/t13-,14-,16-,17+/m0/s1. The second-order valence-electron chi connectivity index (χ2n) is 7.55. The fourth-order valence-corrected chi connectivity index (χ4v) is 4.92. The van der Waals surface area contributed by atoms with Crippen molar-refractivity contribution in [1.82, 2.24) is 10.2 Å². The highest BCUT2D eigenvalue weighted by molar-refractivity contribution is 6.31. The van der Waals surface area contributed by atoms with Crippen LogP contribution in [0.4, 0.5) is 0 Å². The maximum Gasteiger partial charge on any atom is 0.223 e. The van der Waals surface area contributed by atoms with Gasteiger partial charge in [0.15, 0.2) is 0 Å². The van der Waals surface area contributed by atoms with Crippen molar-refractivity contribution in [2.45, 2.75) is 62.6 Å². The average Bonchev–Trinajstić information content (AvgIpc) is 3.29. The smallest absolute Gasteiger partial charge is 0.223 e. The molecule has 3 aliphatic rings. The number of benzene rings is 1. The van der Waals surface area contributed by atoms with Crippen LogP contribution in [0, 0.1) is 5.92 Å². The van der Waals surface area contributed by atoms with Gasteiger partial charge in [-0.1, -0.05) is 36.2 Å². The van der Waals surface area contributed by atoms with Crippen molar-refractivity contribution in [2.75, 3.05) is 7.05 Å². The van der Waals surface area contributed by atoms with Gasteiger partial charge < -0.3 is 10.2 Å². The van der Waals surface area contributed by atoms with E-state index in [0.29, 0.717) is 24.0 Å². The Bertz CT molecular complexity index is 591. The highest BCUT2D eigenvalue weighted by Crippen LogP contribution is 2.49. The molecule has 1 N–H and O–H groups in total. The van der Waals surface area contributed by atoms with Crippen LogP contribution in [0.2, 0.25) is 5.02 Å². The number of nitrogens with zero attached hydrogens (tertiary/aromatic N) is 1. The predicted octanol–water partition coefficient (Wildman–Crippen LogP) is 3.58. The summed E-state index contributed by atoms with van der Waals surface area (Å²) in [7, 11) is 2.25. The van der Waals surface area contributed by atoms with Crippen molar-refractivity contribution in [2.24, 2.45) is 5.92 Å². The van der Waals surface area contributed by atoms with Gasteiger partial charge in [-0.2, -0.15) is 0 Å². The molecule has 4 rings (SSSR count). The van der Waals surface area contributed by atoms with Crippen molar-refractivity contribution in [3.8, 4) is 0 Å². The van der Waals surface area contributed by atoms with Gasteiger partial charge in [-0.3, -0.25) is 4.79 Å². The third kappa shape index (κ3) is 3.01. The van der Waals surface area contributed by atoms with Gasteiger partial charge in [-0.05, 0) is 56.7 Å². The number of carbonyl (C=O) groups excluding carboxylic acids is 1. The first-order valence-corrected chi connectivity index (χ1v) is 9.28. The van der Waals surface area contributed by atoms with E-state index in [1.165, 1.54) is 19.3 Å². The van der Waals surface area contributed by atoms with E-state index in [-0.39, 0.29) is 11.8 Å². The van der Waals surface area contributed by atoms with E-state index in [9.17, 15) is 4.79 Å². The van der Waals surface area contributed by atoms with Crippen LogP contribution in [0.3, 0.4) is 0 Å². The molecule has 1 aromatic rings. The third-order valence-electron chi connectivity index (χ3n) is 6.12. The molecule has 2 aliphatic heterocycles. The van der Waals surface area contributed by atoms with E-state index in [2.05, 4.69) is 23.3 Å². The molecular weight excluding hydrogens is 308 g/mol. The number of nitrogens with one attached hydrogen (secondary N) is 1. The largest absolute Gasteiger partial charge is 0.353 e. The molecule has 1 saturated carbocycles. The molecule has 124 valence electrons. The molecule has 0 unspecified atom stereocenters. The molecule has 23 heavy (non-hydrogen) atoms. The molecule has 0 aromatic heterocycles. The molecule has 2 bridgehead atoms. The lowest BCUT2D eigenvalue weighted by Gasteiger charge is -2.47. The summed E-state index contributed by atoms with van der Waals surface area (Å²) in [5.41, 5.74) is 1.13. The minimum absolute atomic E-state index is 0.120. The van der Waals surface area contributed by atoms with E-state index >= 15 is 0 Å². The zero-order chi connectivity index (χ0) is 16.0. The van der Waals surface area contributed by atoms with Gasteiger partial charge in [0.25, 0.3) is 0 Å². The molecule has 1 aromatic carbocycles. The second-order valence-corrected chi connectivity index (χ2v) is 7.96. The fourth-order valence-electron chi connectivity index (χ4n) is 4.65. The molecule has 1 aliphatic carbocycles. The van der Waals surface area contributed by atoms with Crippen LogP contribution in [0.25, 0.3) is 0 Å². The molecule has 2 heterocycles. The van der Waals surface area contributed by atoms with Crippen molar-refractivity contribution in [3.63, 3.8) is 0 Å². The summed E-state index contributed by atoms with van der Waals surface area (Å²) in [6.45, 7) is 0. The third-order valence-corrected chi connectivity index (χ3v) is 6.46. The molecule has 3 fully saturated rings. The van der Waals surface area contributed by atoms with Gasteiger partial charge in [0.2, 0.25) is 5.91 Å². The summed E-state index contributed by atoms with van der Waals surface area (Å²) in [5, 5.41) is 4.13. The Morgan fingerprint density at radius 2 is 1.87 bits per heavy atom. The molecular formula is C19H25ClN2O. The van der Waals surface area contributed by atoms with E-state index in [4.69, 9.17) is 11.6 Å². The van der Waals surface area contributed by atoms with Gasteiger partial charge in [0.1, 0.15) is 0 Å². The molecule has 1 amide bonds. The molecule has 2 saturated heterocycles. The predicted molar refractivity (Wildman–Crippen MR) is 92.7 cm³/mol. The topological polar surface area (TPSA) is 32.3 Å². The Balaban J connectivity index is 1.36. The maximum absolute atomic E-state index is 12.6. The Morgan fingerprint density at radius 3 is 2.57 bits per heavy atom. The molecule has 0 spiro atoms. The summed E-state index contributed by atoms with van der Waals surface area (Å²) >= 11 is 6.26. The van der Waals surface area contributed by atoms with Crippen molar-refractivity contribution >= 4 is 17.5 Å². The van der Waals surface area contributed by atoms with Crippen molar-refractivity contribution in [1.29, 1.82) is 0 Å². The van der Waals surface area contributed by atoms with E-state index in [1.807, 2.05) is 18.2 Å². The number of carbonyl (C=O) groups is 1. The van der Waals surface area contributed by atoms with Gasteiger partial charge in [0.05, 0.1) is 0 Å². The lowest BCUT2D eigenvalue weighted by molar-refractivity contribution is -0.123. The Kier molecular flexibility index (Phi) is 4.10. The lowest BCUT2D eigenvalue weighted by atomic mass is 9.82. The van der Waals surface area contributed by atoms with Crippen molar-refractivity contribution in [3.05, 3.63) is 34.9 Å². The van der Waals surface area contributed by atoms with Crippen LogP contribution in [-0.4, -0.2) is 36.0 Å². The van der Waals surface area contributed by atoms with Crippen LogP contribution in [0.15, 0.2) is 24.3 Å². The van der Waals surface area contributed by atoms with Crippen LogP contribution in [-0.2, 0) is 4.79 Å². The summed E-state index contributed by atoms with van der Waals surface area (Å²) in [5.74, 6) is 0.673. The number of halogens is 1. The van der Waals surface area contributed by atoms with Gasteiger partial charge in [0, 0.05) is 29.1 Å². The van der Waals surface area contributed by atoms with Gasteiger partial charge in [-0.25, -0.2) is 0 Å². The van der Waals surface area contributed by atoms with Crippen LogP contribution < -0.4 is 5.32 Å². The van der Waals surface area contributed by atoms with Crippen molar-refractivity contribution < 1.29 is 4.79 Å². The summed E-state index contributed by atoms with van der Waals surface area (Å²) in [6.07, 6.45) is 7.08. The molecule has 4 heteroatoms. The number of hydrogen-bond donors (Lipinski definition) is 1. The Morgan fingerprint density at radius 1 is 1.17 bits per heavy atom. The molecule has 0 radical (unpaired) electrons. The quantitative estimate of drug-likeness (QED) is 0.917. The zero-order valence-electron chi connectivity index (χ0n) is 13.7. The number of fused-ring (bicyclic) bond motifs is 2. The SMILES string of the molecule is CN1[C@H]2CCC[C@H]1CC(NC(=O)[C@@H]1C[C@H]1c1ccccc1Cl)C2. The van der Waals surface area contributed by atoms with Crippen LogP contribution in [0.5, 0.6) is 0 Å². The van der Waals surface area contributed by atoms with E-state index in [1.54, 1.807) is 0 Å². The Labute approximate surface area is 143 Å². The average molecular weight is 333 g/mol. The minimum Gasteiger partial charge on any atom is -0.353 e. The van der Waals surface area contributed by atoms with Gasteiger partial charge in [-0.15, -0.1) is 0 Å². The first-order chi connectivity index (χ1) is 11.1. The summed E-state index contributed by atoms with van der Waals surface area (Å²) in [4.78, 5) is 15.1. The van der Waals surface area contributed by atoms with Gasteiger partial charge >= 0.3 is 0 Å². The Hall–Kier alpha value is -1.06. The first kappa shape index (κ1) is 15.5. The van der Waals surface area contributed by atoms with Crippen LogP contribution >= 0.6 is 11.6 Å². The molecule has 4 atom stereocenters. The number of rotatable bonds is 3. The zero-order valence-corrected chi connectivity index (χ0v) is 14.4. The lowest BCUT2D eigenvalue weighted by Crippen LogP contribution is -2.55. The highest BCUT2D eigenvalue weighted by atomic mass is 35.5. The summed E-state index contributed by atoms with van der Waals surface area (Å²) in [6, 6.07) is 9.61. The first-order valence-electron chi connectivity index (χ1n) is 8.90. The second kappa shape index (κ2) is 6.10. The maximum atomic E-state index is 12.6. The summed E-state index contributed by atoms with van der Waals surface area (Å²) < 4.78 is 0. The van der Waals surface area contributed by atoms with Crippen LogP contribution in [0.1, 0.15) is 50.0 Å². The van der Waals surface area contributed by atoms with E-state index in [0.717, 1.165) is 29.8 Å². The highest BCUT2D eigenvalue weighted by Gasteiger charge is 2.46.